The van der Waals surface area contributed by atoms with Gasteiger partial charge in [0.05, 0.1) is 12.3 Å². The van der Waals surface area contributed by atoms with E-state index in [1.54, 1.807) is 0 Å². The lowest BCUT2D eigenvalue weighted by molar-refractivity contribution is -0.133. The molecule has 0 spiro atoms. The van der Waals surface area contributed by atoms with Crippen LogP contribution in [0.4, 0.5) is 14.7 Å². The van der Waals surface area contributed by atoms with Crippen LogP contribution in [0.15, 0.2) is 5.16 Å². The normalized spacial score (nSPS) is 10.9. The SMILES string of the molecule is Nc1nnc(SCC(=O)O)n1CC(F)F. The molecule has 0 unspecified atom stereocenters. The number of nitrogens with zero attached hydrogens (tertiary/aromatic N) is 3. The molecule has 1 aromatic rings. The number of alkyl halides is 2. The number of aromatic nitrogens is 3. The summed E-state index contributed by atoms with van der Waals surface area (Å²) in [5, 5.41) is 15.4. The third-order valence-corrected chi connectivity index (χ3v) is 2.34. The van der Waals surface area contributed by atoms with Crippen molar-refractivity contribution >= 4 is 23.7 Å². The van der Waals surface area contributed by atoms with Crippen molar-refractivity contribution in [2.75, 3.05) is 11.5 Å². The maximum atomic E-state index is 12.1. The van der Waals surface area contributed by atoms with Crippen LogP contribution in [0, 0.1) is 0 Å². The van der Waals surface area contributed by atoms with Crippen molar-refractivity contribution in [1.82, 2.24) is 14.8 Å². The van der Waals surface area contributed by atoms with E-state index in [2.05, 4.69) is 10.2 Å². The van der Waals surface area contributed by atoms with Gasteiger partial charge in [-0.3, -0.25) is 9.36 Å². The van der Waals surface area contributed by atoms with Crippen LogP contribution in [0.5, 0.6) is 0 Å². The number of nitrogens with two attached hydrogens (primary N) is 1. The Morgan fingerprint density at radius 1 is 1.60 bits per heavy atom. The van der Waals surface area contributed by atoms with Crippen molar-refractivity contribution < 1.29 is 18.7 Å². The Labute approximate surface area is 87.5 Å². The minimum atomic E-state index is -2.59. The summed E-state index contributed by atoms with van der Waals surface area (Å²) in [6.07, 6.45) is -2.59. The number of hydrogen-bond donors (Lipinski definition) is 2. The van der Waals surface area contributed by atoms with Crippen LogP contribution in [0.1, 0.15) is 0 Å². The van der Waals surface area contributed by atoms with Crippen molar-refractivity contribution in [2.24, 2.45) is 0 Å². The molecule has 0 aliphatic rings. The number of carboxylic acids is 1. The summed E-state index contributed by atoms with van der Waals surface area (Å²) in [5.41, 5.74) is 5.29. The lowest BCUT2D eigenvalue weighted by Gasteiger charge is -2.05. The van der Waals surface area contributed by atoms with Gasteiger partial charge < -0.3 is 10.8 Å². The summed E-state index contributed by atoms with van der Waals surface area (Å²) in [5.74, 6) is -1.49. The van der Waals surface area contributed by atoms with Crippen molar-refractivity contribution in [3.63, 3.8) is 0 Å². The fourth-order valence-electron chi connectivity index (χ4n) is 0.843. The average Bonchev–Trinajstić information content (AvgIpc) is 2.44. The van der Waals surface area contributed by atoms with E-state index in [-0.39, 0.29) is 16.9 Å². The highest BCUT2D eigenvalue weighted by atomic mass is 32.2. The first-order valence-electron chi connectivity index (χ1n) is 3.82. The van der Waals surface area contributed by atoms with E-state index < -0.39 is 18.9 Å². The molecule has 84 valence electrons. The van der Waals surface area contributed by atoms with Gasteiger partial charge in [-0.25, -0.2) is 8.78 Å². The molecule has 3 N–H and O–H groups in total. The monoisotopic (exact) mass is 238 g/mol. The number of carbonyl (C=O) groups is 1. The molecule has 0 atom stereocenters. The minimum Gasteiger partial charge on any atom is -0.481 e. The molecule has 9 heteroatoms. The Morgan fingerprint density at radius 3 is 2.80 bits per heavy atom. The highest BCUT2D eigenvalue weighted by Crippen LogP contribution is 2.18. The number of rotatable bonds is 5. The molecule has 0 fully saturated rings. The molecular formula is C6H8F2N4O2S. The Balaban J connectivity index is 2.74. The average molecular weight is 238 g/mol. The molecule has 6 nitrogen and oxygen atoms in total. The molecule has 0 aromatic carbocycles. The molecule has 1 rings (SSSR count). The first-order chi connectivity index (χ1) is 7.00. The van der Waals surface area contributed by atoms with Crippen LogP contribution in [0.3, 0.4) is 0 Å². The van der Waals surface area contributed by atoms with E-state index in [1.807, 2.05) is 0 Å². The van der Waals surface area contributed by atoms with E-state index in [0.29, 0.717) is 0 Å². The van der Waals surface area contributed by atoms with Crippen LogP contribution in [-0.4, -0.2) is 38.0 Å². The topological polar surface area (TPSA) is 94.0 Å². The second-order valence-electron chi connectivity index (χ2n) is 2.52. The van der Waals surface area contributed by atoms with Gasteiger partial charge in [0, 0.05) is 0 Å². The molecule has 0 saturated carbocycles. The molecule has 0 bridgehead atoms. The second kappa shape index (κ2) is 4.91. The smallest absolute Gasteiger partial charge is 0.313 e. The van der Waals surface area contributed by atoms with Crippen LogP contribution in [0.2, 0.25) is 0 Å². The predicted octanol–water partition coefficient (Wildman–Crippen LogP) is 0.302. The number of hydrogen-bond acceptors (Lipinski definition) is 5. The zero-order valence-electron chi connectivity index (χ0n) is 7.43. The summed E-state index contributed by atoms with van der Waals surface area (Å²) in [7, 11) is 0. The lowest BCUT2D eigenvalue weighted by Crippen LogP contribution is -2.11. The lowest BCUT2D eigenvalue weighted by atomic mass is 10.6. The molecule has 1 aromatic heterocycles. The standard InChI is InChI=1S/C6H8F2N4O2S/c7-3(8)1-12-5(9)10-11-6(12)15-2-4(13)14/h3H,1-2H2,(H2,9,10)(H,13,14). The molecule has 0 radical (unpaired) electrons. The van der Waals surface area contributed by atoms with Crippen molar-refractivity contribution in [3.8, 4) is 0 Å². The third-order valence-electron chi connectivity index (χ3n) is 1.39. The summed E-state index contributed by atoms with van der Waals surface area (Å²) in [6, 6.07) is 0. The van der Waals surface area contributed by atoms with E-state index >= 15 is 0 Å². The largest absolute Gasteiger partial charge is 0.481 e. The quantitative estimate of drug-likeness (QED) is 0.716. The Bertz CT molecular complexity index is 357. The number of carboxylic acid groups (broad SMARTS) is 1. The van der Waals surface area contributed by atoms with Crippen molar-refractivity contribution in [3.05, 3.63) is 0 Å². The summed E-state index contributed by atoms with van der Waals surface area (Å²) < 4.78 is 25.2. The van der Waals surface area contributed by atoms with E-state index in [1.165, 1.54) is 0 Å². The van der Waals surface area contributed by atoms with Gasteiger partial charge in [0.15, 0.2) is 5.16 Å². The Kier molecular flexibility index (Phi) is 3.83. The number of aliphatic carboxylic acids is 1. The maximum Gasteiger partial charge on any atom is 0.313 e. The highest BCUT2D eigenvalue weighted by molar-refractivity contribution is 7.99. The van der Waals surface area contributed by atoms with E-state index in [0.717, 1.165) is 16.3 Å². The second-order valence-corrected chi connectivity index (χ2v) is 3.47. The number of halogens is 2. The Morgan fingerprint density at radius 2 is 2.27 bits per heavy atom. The molecular weight excluding hydrogens is 230 g/mol. The molecule has 0 amide bonds. The van der Waals surface area contributed by atoms with Gasteiger partial charge in [-0.1, -0.05) is 11.8 Å². The zero-order valence-corrected chi connectivity index (χ0v) is 8.25. The summed E-state index contributed by atoms with van der Waals surface area (Å²) in [4.78, 5) is 10.3. The van der Waals surface area contributed by atoms with Gasteiger partial charge in [0.2, 0.25) is 5.95 Å². The van der Waals surface area contributed by atoms with Crippen LogP contribution < -0.4 is 5.73 Å². The number of thioether (sulfide) groups is 1. The van der Waals surface area contributed by atoms with E-state index in [9.17, 15) is 13.6 Å². The molecule has 0 saturated heterocycles. The van der Waals surface area contributed by atoms with Gasteiger partial charge in [0.1, 0.15) is 0 Å². The number of anilines is 1. The van der Waals surface area contributed by atoms with Crippen LogP contribution >= 0.6 is 11.8 Å². The summed E-state index contributed by atoms with van der Waals surface area (Å²) in [6.45, 7) is -0.638. The van der Waals surface area contributed by atoms with Gasteiger partial charge >= 0.3 is 5.97 Å². The molecule has 1 heterocycles. The fourth-order valence-corrected chi connectivity index (χ4v) is 1.52. The third kappa shape index (κ3) is 3.35. The molecule has 0 aliphatic carbocycles. The molecule has 0 aliphatic heterocycles. The zero-order chi connectivity index (χ0) is 11.4. The van der Waals surface area contributed by atoms with Crippen molar-refractivity contribution in [2.45, 2.75) is 18.1 Å². The van der Waals surface area contributed by atoms with Gasteiger partial charge in [-0.2, -0.15) is 0 Å². The first-order valence-corrected chi connectivity index (χ1v) is 4.80. The van der Waals surface area contributed by atoms with Gasteiger partial charge in [0.25, 0.3) is 6.43 Å². The number of nitrogen functional groups attached to an aromatic ring is 1. The maximum absolute atomic E-state index is 12.1. The molecule has 15 heavy (non-hydrogen) atoms. The predicted molar refractivity (Wildman–Crippen MR) is 48.8 cm³/mol. The van der Waals surface area contributed by atoms with Crippen molar-refractivity contribution in [1.29, 1.82) is 0 Å². The first kappa shape index (κ1) is 11.7. The minimum absolute atomic E-state index is 0.0789. The highest BCUT2D eigenvalue weighted by Gasteiger charge is 2.15. The summed E-state index contributed by atoms with van der Waals surface area (Å²) >= 11 is 0.794. The van der Waals surface area contributed by atoms with Gasteiger partial charge in [-0.15, -0.1) is 10.2 Å². The van der Waals surface area contributed by atoms with Crippen LogP contribution in [-0.2, 0) is 11.3 Å². The van der Waals surface area contributed by atoms with Gasteiger partial charge in [-0.05, 0) is 0 Å². The van der Waals surface area contributed by atoms with E-state index in [4.69, 9.17) is 10.8 Å². The Hall–Kier alpha value is -1.38. The fraction of sp³-hybridized carbons (Fsp3) is 0.500. The van der Waals surface area contributed by atoms with Crippen LogP contribution in [0.25, 0.3) is 0 Å².